The van der Waals surface area contributed by atoms with Crippen LogP contribution in [0.1, 0.15) is 46.9 Å². The van der Waals surface area contributed by atoms with E-state index in [9.17, 15) is 28.8 Å². The monoisotopic (exact) mass is 317 g/mol. The third kappa shape index (κ3) is 6.13. The molecule has 0 heterocycles. The van der Waals surface area contributed by atoms with E-state index in [0.717, 1.165) is 0 Å². The predicted octanol–water partition coefficient (Wildman–Crippen LogP) is 0.653. The summed E-state index contributed by atoms with van der Waals surface area (Å²) in [6, 6.07) is 5.35. The molecule has 0 unspecified atom stereocenters. The number of nitrogens with one attached hydrogen (secondary N) is 1. The molecule has 0 aromatic heterocycles. The molecule has 0 atom stereocenters. The Kier molecular flexibility index (Phi) is 6.67. The largest absolute Gasteiger partial charge is 0.303 e. The third-order valence-electron chi connectivity index (χ3n) is 2.80. The van der Waals surface area contributed by atoms with Gasteiger partial charge in [0.05, 0.1) is 19.3 Å². The minimum absolute atomic E-state index is 0.137. The standard InChI is InChI=1S/C16H15NO6/c1-10(19)8-15(22)17-16(23)12-4-2-11(3-5-12)14(21)9-13(20)6-7-18/h2-5,7H,6,8-9H2,1H3,(H,17,22,23). The summed E-state index contributed by atoms with van der Waals surface area (Å²) in [6.45, 7) is 1.23. The quantitative estimate of drug-likeness (QED) is 0.428. The second-order valence-electron chi connectivity index (χ2n) is 4.84. The molecule has 0 fully saturated rings. The summed E-state index contributed by atoms with van der Waals surface area (Å²) in [7, 11) is 0. The van der Waals surface area contributed by atoms with Gasteiger partial charge in [-0.15, -0.1) is 0 Å². The van der Waals surface area contributed by atoms with E-state index in [-0.39, 0.29) is 36.2 Å². The van der Waals surface area contributed by atoms with Gasteiger partial charge in [0.25, 0.3) is 5.91 Å². The van der Waals surface area contributed by atoms with Crippen molar-refractivity contribution in [2.75, 3.05) is 0 Å². The van der Waals surface area contributed by atoms with E-state index < -0.39 is 23.4 Å². The highest BCUT2D eigenvalue weighted by molar-refractivity contribution is 6.11. The fraction of sp³-hybridized carbons (Fsp3) is 0.250. The summed E-state index contributed by atoms with van der Waals surface area (Å²) in [5, 5.41) is 2.05. The molecular formula is C16H15NO6. The Bertz CT molecular complexity index is 660. The van der Waals surface area contributed by atoms with E-state index in [1.807, 2.05) is 5.32 Å². The fourth-order valence-corrected chi connectivity index (χ4v) is 1.72. The Balaban J connectivity index is 2.68. The van der Waals surface area contributed by atoms with Gasteiger partial charge in [0, 0.05) is 11.1 Å². The number of ketones is 3. The van der Waals surface area contributed by atoms with Gasteiger partial charge < -0.3 is 4.79 Å². The number of Topliss-reactive ketones (excluding diaryl/α,β-unsaturated/α-hetero) is 3. The summed E-state index contributed by atoms with van der Waals surface area (Å²) in [5.41, 5.74) is 0.355. The Morgan fingerprint density at radius 3 is 2.04 bits per heavy atom. The normalized spacial score (nSPS) is 9.78. The molecule has 1 N–H and O–H groups in total. The molecule has 0 saturated carbocycles. The minimum atomic E-state index is -0.706. The Morgan fingerprint density at radius 2 is 1.52 bits per heavy atom. The van der Waals surface area contributed by atoms with Crippen molar-refractivity contribution in [3.63, 3.8) is 0 Å². The number of amides is 2. The molecule has 0 bridgehead atoms. The lowest BCUT2D eigenvalue weighted by Gasteiger charge is -2.04. The number of benzene rings is 1. The number of carbonyl (C=O) groups is 6. The zero-order valence-electron chi connectivity index (χ0n) is 12.5. The van der Waals surface area contributed by atoms with Crippen molar-refractivity contribution in [1.29, 1.82) is 0 Å². The molecule has 0 spiro atoms. The molecule has 7 nitrogen and oxygen atoms in total. The number of carbonyl (C=O) groups excluding carboxylic acids is 6. The van der Waals surface area contributed by atoms with E-state index >= 15 is 0 Å². The van der Waals surface area contributed by atoms with Crippen LogP contribution < -0.4 is 5.32 Å². The first kappa shape index (κ1) is 18.1. The smallest absolute Gasteiger partial charge is 0.257 e. The van der Waals surface area contributed by atoms with Crippen LogP contribution in [0.4, 0.5) is 0 Å². The van der Waals surface area contributed by atoms with Gasteiger partial charge in [-0.2, -0.15) is 0 Å². The summed E-state index contributed by atoms with van der Waals surface area (Å²) >= 11 is 0. The molecule has 0 aliphatic rings. The van der Waals surface area contributed by atoms with E-state index in [4.69, 9.17) is 0 Å². The zero-order chi connectivity index (χ0) is 17.4. The molecule has 7 heteroatoms. The molecular weight excluding hydrogens is 302 g/mol. The van der Waals surface area contributed by atoms with Crippen molar-refractivity contribution in [2.24, 2.45) is 0 Å². The van der Waals surface area contributed by atoms with Crippen LogP contribution >= 0.6 is 0 Å². The Morgan fingerprint density at radius 1 is 0.957 bits per heavy atom. The number of hydrogen-bond acceptors (Lipinski definition) is 6. The van der Waals surface area contributed by atoms with Gasteiger partial charge in [-0.25, -0.2) is 0 Å². The average Bonchev–Trinajstić information content (AvgIpc) is 2.46. The first-order valence-electron chi connectivity index (χ1n) is 6.75. The number of imide groups is 1. The van der Waals surface area contributed by atoms with Crippen molar-refractivity contribution < 1.29 is 28.8 Å². The molecule has 0 aliphatic heterocycles. The lowest BCUT2D eigenvalue weighted by molar-refractivity contribution is -0.127. The number of hydrogen-bond donors (Lipinski definition) is 1. The van der Waals surface area contributed by atoms with E-state index in [2.05, 4.69) is 0 Å². The predicted molar refractivity (Wildman–Crippen MR) is 78.8 cm³/mol. The molecule has 0 radical (unpaired) electrons. The Hall–Kier alpha value is -2.96. The molecule has 0 saturated heterocycles. The lowest BCUT2D eigenvalue weighted by Crippen LogP contribution is -2.31. The van der Waals surface area contributed by atoms with Gasteiger partial charge in [0.2, 0.25) is 5.91 Å². The van der Waals surface area contributed by atoms with Crippen molar-refractivity contribution in [2.45, 2.75) is 26.2 Å². The minimum Gasteiger partial charge on any atom is -0.303 e. The van der Waals surface area contributed by atoms with Crippen LogP contribution in [-0.2, 0) is 19.2 Å². The number of rotatable bonds is 8. The summed E-state index contributed by atoms with van der Waals surface area (Å²) in [5.74, 6) is -2.70. The fourth-order valence-electron chi connectivity index (χ4n) is 1.72. The van der Waals surface area contributed by atoms with Crippen molar-refractivity contribution >= 4 is 35.5 Å². The van der Waals surface area contributed by atoms with E-state index in [1.54, 1.807) is 0 Å². The van der Waals surface area contributed by atoms with Gasteiger partial charge in [-0.3, -0.25) is 29.3 Å². The maximum Gasteiger partial charge on any atom is 0.257 e. The van der Waals surface area contributed by atoms with Crippen LogP contribution in [0, 0.1) is 0 Å². The van der Waals surface area contributed by atoms with Crippen molar-refractivity contribution in [3.05, 3.63) is 35.4 Å². The third-order valence-corrected chi connectivity index (χ3v) is 2.80. The second kappa shape index (κ2) is 8.47. The van der Waals surface area contributed by atoms with Gasteiger partial charge in [0.15, 0.2) is 5.78 Å². The molecule has 1 rings (SSSR count). The number of aldehydes is 1. The first-order chi connectivity index (χ1) is 10.8. The van der Waals surface area contributed by atoms with Crippen LogP contribution in [0.25, 0.3) is 0 Å². The Labute approximate surface area is 132 Å². The molecule has 2 amide bonds. The van der Waals surface area contributed by atoms with Gasteiger partial charge in [-0.1, -0.05) is 12.1 Å². The van der Waals surface area contributed by atoms with E-state index in [1.165, 1.54) is 31.2 Å². The lowest BCUT2D eigenvalue weighted by atomic mass is 10.0. The highest BCUT2D eigenvalue weighted by Gasteiger charge is 2.14. The van der Waals surface area contributed by atoms with Gasteiger partial charge in [-0.05, 0) is 19.1 Å². The maximum atomic E-state index is 11.8. The van der Waals surface area contributed by atoms with Crippen LogP contribution in [-0.4, -0.2) is 35.5 Å². The molecule has 23 heavy (non-hydrogen) atoms. The zero-order valence-corrected chi connectivity index (χ0v) is 12.5. The molecule has 1 aromatic rings. The highest BCUT2D eigenvalue weighted by Crippen LogP contribution is 2.08. The van der Waals surface area contributed by atoms with Crippen LogP contribution in [0.5, 0.6) is 0 Å². The topological polar surface area (TPSA) is 114 Å². The molecule has 120 valence electrons. The average molecular weight is 317 g/mol. The van der Waals surface area contributed by atoms with Crippen LogP contribution in [0.15, 0.2) is 24.3 Å². The molecule has 0 aliphatic carbocycles. The highest BCUT2D eigenvalue weighted by atomic mass is 16.2. The maximum absolute atomic E-state index is 11.8. The summed E-state index contributed by atoms with van der Waals surface area (Å²) < 4.78 is 0. The second-order valence-corrected chi connectivity index (χ2v) is 4.84. The van der Waals surface area contributed by atoms with Crippen LogP contribution in [0.2, 0.25) is 0 Å². The molecule has 1 aromatic carbocycles. The summed E-state index contributed by atoms with van der Waals surface area (Å²) in [4.78, 5) is 67.0. The van der Waals surface area contributed by atoms with Crippen LogP contribution in [0.3, 0.4) is 0 Å². The van der Waals surface area contributed by atoms with Crippen molar-refractivity contribution in [3.8, 4) is 0 Å². The summed E-state index contributed by atoms with van der Waals surface area (Å²) in [6.07, 6.45) is -0.659. The van der Waals surface area contributed by atoms with Gasteiger partial charge >= 0.3 is 0 Å². The van der Waals surface area contributed by atoms with Crippen molar-refractivity contribution in [1.82, 2.24) is 5.32 Å². The van der Waals surface area contributed by atoms with Gasteiger partial charge in [0.1, 0.15) is 17.9 Å². The SMILES string of the molecule is CC(=O)CC(=O)NC(=O)c1ccc(C(=O)CC(=O)CC=O)cc1. The first-order valence-corrected chi connectivity index (χ1v) is 6.75. The van der Waals surface area contributed by atoms with E-state index in [0.29, 0.717) is 6.29 Å².